The first-order valence-corrected chi connectivity index (χ1v) is 10.9. The number of hydrogen-bond donors (Lipinski definition) is 1. The molecule has 0 aromatic carbocycles. The van der Waals surface area contributed by atoms with Crippen molar-refractivity contribution in [2.75, 3.05) is 6.54 Å². The first-order chi connectivity index (χ1) is 15.3. The quantitative estimate of drug-likeness (QED) is 0.486. The zero-order chi connectivity index (χ0) is 22.5. The Kier molecular flexibility index (Phi) is 4.75. The number of rotatable bonds is 8. The third-order valence-electron chi connectivity index (χ3n) is 7.45. The molecule has 4 saturated carbocycles. The molecule has 0 saturated heterocycles. The van der Waals surface area contributed by atoms with Gasteiger partial charge in [0.2, 0.25) is 5.91 Å². The highest BCUT2D eigenvalue weighted by Gasteiger charge is 2.59. The van der Waals surface area contributed by atoms with Crippen LogP contribution in [0.15, 0.2) is 24.8 Å². The van der Waals surface area contributed by atoms with Crippen LogP contribution in [0.1, 0.15) is 44.9 Å². The highest BCUT2D eigenvalue weighted by Crippen LogP contribution is 2.65. The van der Waals surface area contributed by atoms with E-state index in [4.69, 9.17) is 0 Å². The van der Waals surface area contributed by atoms with E-state index in [0.717, 1.165) is 38.5 Å². The molecule has 2 aromatic rings. The first kappa shape index (κ1) is 20.6. The first-order valence-electron chi connectivity index (χ1n) is 10.9. The van der Waals surface area contributed by atoms with Crippen molar-refractivity contribution < 1.29 is 14.6 Å². The molecule has 2 aromatic heterocycles. The maximum absolute atomic E-state index is 12.8. The maximum atomic E-state index is 12.8. The Morgan fingerprint density at radius 1 is 1.06 bits per heavy atom. The van der Waals surface area contributed by atoms with Crippen LogP contribution in [0.3, 0.4) is 0 Å². The predicted octanol–water partition coefficient (Wildman–Crippen LogP) is 2.40. The summed E-state index contributed by atoms with van der Waals surface area (Å²) in [5.41, 5.74) is -0.424. The lowest BCUT2D eigenvalue weighted by Crippen LogP contribution is -2.57. The molecule has 2 unspecified atom stereocenters. The van der Waals surface area contributed by atoms with Crippen LogP contribution in [-0.2, 0) is 16.9 Å². The Balaban J connectivity index is 1.24. The van der Waals surface area contributed by atoms with Gasteiger partial charge in [0, 0.05) is 13.0 Å². The van der Waals surface area contributed by atoms with E-state index in [2.05, 4.69) is 15.5 Å². The summed E-state index contributed by atoms with van der Waals surface area (Å²) >= 11 is 0. The highest BCUT2D eigenvalue weighted by molar-refractivity contribution is 5.76. The molecule has 12 heteroatoms. The summed E-state index contributed by atoms with van der Waals surface area (Å²) in [6.07, 6.45) is 11.7. The van der Waals surface area contributed by atoms with Crippen molar-refractivity contribution in [1.82, 2.24) is 24.9 Å². The van der Waals surface area contributed by atoms with Gasteiger partial charge in [0.15, 0.2) is 0 Å². The monoisotopic (exact) mass is 443 g/mol. The number of hydrogen-bond acceptors (Lipinski definition) is 7. The van der Waals surface area contributed by atoms with E-state index in [-0.39, 0.29) is 28.2 Å². The van der Waals surface area contributed by atoms with Gasteiger partial charge >= 0.3 is 11.4 Å². The lowest BCUT2D eigenvalue weighted by Gasteiger charge is -2.61. The molecular weight excluding hydrogens is 418 g/mol. The van der Waals surface area contributed by atoms with Crippen LogP contribution in [0.25, 0.3) is 0 Å². The Labute approximate surface area is 183 Å². The molecule has 1 N–H and O–H groups in total. The Hall–Kier alpha value is -3.31. The van der Waals surface area contributed by atoms with Crippen molar-refractivity contribution in [3.8, 4) is 0 Å². The van der Waals surface area contributed by atoms with Gasteiger partial charge in [-0.05, 0) is 55.8 Å². The summed E-state index contributed by atoms with van der Waals surface area (Å²) in [7, 11) is 0. The number of carbonyl (C=O) groups excluding carboxylic acids is 1. The molecule has 4 aliphatic carbocycles. The van der Waals surface area contributed by atoms with Gasteiger partial charge < -0.3 is 5.32 Å². The summed E-state index contributed by atoms with van der Waals surface area (Å²) in [6, 6.07) is 0. The van der Waals surface area contributed by atoms with E-state index < -0.39 is 9.85 Å². The zero-order valence-electron chi connectivity index (χ0n) is 17.6. The Morgan fingerprint density at radius 2 is 1.72 bits per heavy atom. The van der Waals surface area contributed by atoms with Crippen LogP contribution in [0.5, 0.6) is 0 Å². The number of nitro groups is 2. The van der Waals surface area contributed by atoms with E-state index in [1.165, 1.54) is 23.3 Å². The maximum Gasteiger partial charge on any atom is 0.307 e. The average molecular weight is 443 g/mol. The van der Waals surface area contributed by atoms with Crippen molar-refractivity contribution in [2.24, 2.45) is 17.3 Å². The highest BCUT2D eigenvalue weighted by atomic mass is 16.6. The van der Waals surface area contributed by atoms with Gasteiger partial charge in [-0.3, -0.25) is 34.4 Å². The molecule has 170 valence electrons. The molecule has 0 aliphatic heterocycles. The second-order valence-corrected chi connectivity index (χ2v) is 9.83. The fraction of sp³-hybridized carbons (Fsp3) is 0.650. The minimum atomic E-state index is -0.501. The molecule has 1 amide bonds. The minimum absolute atomic E-state index is 0.00592. The van der Waals surface area contributed by atoms with E-state index >= 15 is 0 Å². The fourth-order valence-electron chi connectivity index (χ4n) is 6.83. The zero-order valence-corrected chi connectivity index (χ0v) is 17.6. The topological polar surface area (TPSA) is 151 Å². The Bertz CT molecular complexity index is 1060. The van der Waals surface area contributed by atoms with E-state index in [1.54, 1.807) is 10.9 Å². The molecule has 2 heterocycles. The van der Waals surface area contributed by atoms with E-state index in [1.807, 2.05) is 0 Å². The third kappa shape index (κ3) is 3.63. The minimum Gasteiger partial charge on any atom is -0.354 e. The van der Waals surface area contributed by atoms with Gasteiger partial charge in [0.1, 0.15) is 24.8 Å². The summed E-state index contributed by atoms with van der Waals surface area (Å²) in [5, 5.41) is 33.1. The normalized spacial score (nSPS) is 30.4. The van der Waals surface area contributed by atoms with Gasteiger partial charge in [-0.1, -0.05) is 0 Å². The van der Waals surface area contributed by atoms with Crippen LogP contribution in [0.4, 0.5) is 11.4 Å². The molecule has 12 nitrogen and oxygen atoms in total. The molecule has 4 fully saturated rings. The molecule has 4 bridgehead atoms. The van der Waals surface area contributed by atoms with Gasteiger partial charge in [-0.15, -0.1) is 0 Å². The summed E-state index contributed by atoms with van der Waals surface area (Å²) in [5.74, 6) is 0.990. The SMILES string of the molecule is O=C(CC12CC3CC(C1)CC(n1cc([N+](=O)[O-])cn1)(C3)C2)NCCn1cc([N+](=O)[O-])cn1. The predicted molar refractivity (Wildman–Crippen MR) is 110 cm³/mol. The van der Waals surface area contributed by atoms with Crippen LogP contribution >= 0.6 is 0 Å². The van der Waals surface area contributed by atoms with Crippen LogP contribution in [0, 0.1) is 37.5 Å². The van der Waals surface area contributed by atoms with Gasteiger partial charge in [0.05, 0.1) is 21.9 Å². The lowest BCUT2D eigenvalue weighted by atomic mass is 9.46. The molecule has 0 radical (unpaired) electrons. The number of nitrogens with one attached hydrogen (secondary N) is 1. The number of amides is 1. The Morgan fingerprint density at radius 3 is 2.34 bits per heavy atom. The largest absolute Gasteiger partial charge is 0.354 e. The van der Waals surface area contributed by atoms with E-state index in [0.29, 0.717) is 31.3 Å². The second-order valence-electron chi connectivity index (χ2n) is 9.83. The van der Waals surface area contributed by atoms with Gasteiger partial charge in [-0.25, -0.2) is 0 Å². The molecule has 6 rings (SSSR count). The number of nitrogens with zero attached hydrogens (tertiary/aromatic N) is 6. The summed E-state index contributed by atoms with van der Waals surface area (Å²) < 4.78 is 3.25. The van der Waals surface area contributed by atoms with Crippen molar-refractivity contribution in [1.29, 1.82) is 0 Å². The lowest BCUT2D eigenvalue weighted by molar-refractivity contribution is -0.385. The molecule has 32 heavy (non-hydrogen) atoms. The number of carbonyl (C=O) groups is 1. The second kappa shape index (κ2) is 7.38. The van der Waals surface area contributed by atoms with Crippen molar-refractivity contribution in [3.05, 3.63) is 45.0 Å². The van der Waals surface area contributed by atoms with Gasteiger partial charge in [-0.2, -0.15) is 10.2 Å². The smallest absolute Gasteiger partial charge is 0.307 e. The molecular formula is C20H25N7O5. The molecule has 4 aliphatic rings. The molecule has 2 atom stereocenters. The van der Waals surface area contributed by atoms with E-state index in [9.17, 15) is 25.0 Å². The third-order valence-corrected chi connectivity index (χ3v) is 7.45. The summed E-state index contributed by atoms with van der Waals surface area (Å²) in [6.45, 7) is 0.704. The number of aromatic nitrogens is 4. The molecule has 0 spiro atoms. The van der Waals surface area contributed by atoms with Crippen LogP contribution in [0.2, 0.25) is 0 Å². The van der Waals surface area contributed by atoms with Crippen molar-refractivity contribution >= 4 is 17.3 Å². The standard InChI is InChI=1S/C20H25N7O5/c28-18(21-1-2-24-11-16(9-22-24)26(29)30)8-19-4-14-3-15(5-19)7-20(6-14,13-19)25-12-17(10-23-25)27(31)32/h9-12,14-15H,1-8,13H2,(H,21,28). The van der Waals surface area contributed by atoms with Crippen LogP contribution in [-0.4, -0.2) is 41.9 Å². The summed E-state index contributed by atoms with van der Waals surface area (Å²) in [4.78, 5) is 33.8. The van der Waals surface area contributed by atoms with Crippen molar-refractivity contribution in [2.45, 2.75) is 57.0 Å². The van der Waals surface area contributed by atoms with Crippen molar-refractivity contribution in [3.63, 3.8) is 0 Å². The average Bonchev–Trinajstić information content (AvgIpc) is 3.37. The fourth-order valence-corrected chi connectivity index (χ4v) is 6.83. The van der Waals surface area contributed by atoms with Gasteiger partial charge in [0.25, 0.3) is 0 Å². The van der Waals surface area contributed by atoms with Crippen LogP contribution < -0.4 is 5.32 Å².